The lowest BCUT2D eigenvalue weighted by Gasteiger charge is -2.42. The Morgan fingerprint density at radius 3 is 2.32 bits per heavy atom. The van der Waals surface area contributed by atoms with Crippen molar-refractivity contribution in [3.05, 3.63) is 112 Å². The number of nitrogens with zero attached hydrogens (tertiary/aromatic N) is 3. The van der Waals surface area contributed by atoms with Crippen molar-refractivity contribution < 1.29 is 23.9 Å². The highest BCUT2D eigenvalue weighted by atomic mass is 35.5. The van der Waals surface area contributed by atoms with E-state index in [1.165, 1.54) is 16.2 Å². The number of hydrogen-bond donors (Lipinski definition) is 0. The summed E-state index contributed by atoms with van der Waals surface area (Å²) >= 11 is 7.54. The summed E-state index contributed by atoms with van der Waals surface area (Å²) < 4.78 is 11.5. The molecule has 44 heavy (non-hydrogen) atoms. The van der Waals surface area contributed by atoms with E-state index in [9.17, 15) is 14.4 Å². The van der Waals surface area contributed by atoms with Gasteiger partial charge in [-0.3, -0.25) is 14.5 Å². The lowest BCUT2D eigenvalue weighted by atomic mass is 10.1. The van der Waals surface area contributed by atoms with E-state index < -0.39 is 18.0 Å². The number of piperazine rings is 1. The second kappa shape index (κ2) is 14.4. The largest absolute Gasteiger partial charge is 0.457 e. The number of halogens is 1. The molecule has 0 spiro atoms. The number of carbonyl (C=O) groups excluding carboxylic acids is 3. The molecule has 2 heterocycles. The summed E-state index contributed by atoms with van der Waals surface area (Å²) in [5, 5.41) is 1.88. The molecule has 1 fully saturated rings. The molecule has 1 aliphatic rings. The van der Waals surface area contributed by atoms with Gasteiger partial charge in [0.25, 0.3) is 5.91 Å². The van der Waals surface area contributed by atoms with Gasteiger partial charge in [-0.05, 0) is 66.8 Å². The molecule has 0 saturated carbocycles. The van der Waals surface area contributed by atoms with Crippen LogP contribution < -0.4 is 9.64 Å². The van der Waals surface area contributed by atoms with Gasteiger partial charge < -0.3 is 19.3 Å². The number of hydrogen-bond acceptors (Lipinski definition) is 6. The lowest BCUT2D eigenvalue weighted by molar-refractivity contribution is -0.136. The molecular formula is C34H34ClN3O5S. The Morgan fingerprint density at radius 2 is 1.68 bits per heavy atom. The Bertz CT molecular complexity index is 1570. The maximum absolute atomic E-state index is 14.3. The minimum Gasteiger partial charge on any atom is -0.457 e. The van der Waals surface area contributed by atoms with E-state index in [4.69, 9.17) is 21.1 Å². The van der Waals surface area contributed by atoms with Gasteiger partial charge in [0.05, 0.1) is 0 Å². The maximum Gasteiger partial charge on any atom is 0.410 e. The zero-order chi connectivity index (χ0) is 31.1. The standard InChI is InChI=1S/C34H34ClN3O5S/c1-24-20-28(43-27-12-7-4-8-13-27)15-16-29(24)38(31(39)21-35)32(30-14-9-19-44-30)33(40)36-17-18-37(25(2)22-36)34(41)42-23-26-10-5-3-6-11-26/h3-16,19-20,25,32H,17-18,21-23H2,1-2H3. The van der Waals surface area contributed by atoms with Gasteiger partial charge >= 0.3 is 6.09 Å². The molecule has 1 aromatic heterocycles. The summed E-state index contributed by atoms with van der Waals surface area (Å²) in [5.41, 5.74) is 2.23. The van der Waals surface area contributed by atoms with Crippen LogP contribution in [0.5, 0.6) is 11.5 Å². The SMILES string of the molecule is Cc1cc(Oc2ccccc2)ccc1N(C(=O)CCl)C(C(=O)N1CCN(C(=O)OCc2ccccc2)C(C)C1)c1cccs1. The van der Waals surface area contributed by atoms with Crippen LogP contribution >= 0.6 is 22.9 Å². The number of amides is 3. The molecule has 0 aliphatic carbocycles. The van der Waals surface area contributed by atoms with Gasteiger partial charge in [0.15, 0.2) is 0 Å². The molecule has 228 valence electrons. The number of benzene rings is 3. The topological polar surface area (TPSA) is 79.4 Å². The second-order valence-electron chi connectivity index (χ2n) is 10.5. The molecule has 1 saturated heterocycles. The highest BCUT2D eigenvalue weighted by Gasteiger charge is 2.39. The van der Waals surface area contributed by atoms with Crippen molar-refractivity contribution in [3.8, 4) is 11.5 Å². The third-order valence-electron chi connectivity index (χ3n) is 7.47. The van der Waals surface area contributed by atoms with E-state index in [-0.39, 0.29) is 24.4 Å². The third-order valence-corrected chi connectivity index (χ3v) is 8.63. The van der Waals surface area contributed by atoms with Gasteiger partial charge in [-0.25, -0.2) is 4.79 Å². The van der Waals surface area contributed by atoms with Gasteiger partial charge in [0.2, 0.25) is 5.91 Å². The van der Waals surface area contributed by atoms with E-state index in [0.29, 0.717) is 36.8 Å². The molecule has 10 heteroatoms. The van der Waals surface area contributed by atoms with Gasteiger partial charge in [-0.15, -0.1) is 22.9 Å². The minimum atomic E-state index is -0.926. The Morgan fingerprint density at radius 1 is 0.955 bits per heavy atom. The van der Waals surface area contributed by atoms with Crippen LogP contribution in [0.2, 0.25) is 0 Å². The van der Waals surface area contributed by atoms with Crippen molar-refractivity contribution in [1.82, 2.24) is 9.80 Å². The number of thiophene rings is 1. The number of ether oxygens (including phenoxy) is 2. The normalized spacial score (nSPS) is 15.4. The maximum atomic E-state index is 14.3. The molecule has 2 atom stereocenters. The fourth-order valence-electron chi connectivity index (χ4n) is 5.28. The lowest BCUT2D eigenvalue weighted by Crippen LogP contribution is -2.57. The van der Waals surface area contributed by atoms with Gasteiger partial charge in [0, 0.05) is 36.2 Å². The van der Waals surface area contributed by atoms with Crippen molar-refractivity contribution in [3.63, 3.8) is 0 Å². The monoisotopic (exact) mass is 631 g/mol. The summed E-state index contributed by atoms with van der Waals surface area (Å²) in [4.78, 5) is 46.3. The smallest absolute Gasteiger partial charge is 0.410 e. The highest BCUT2D eigenvalue weighted by molar-refractivity contribution is 7.10. The predicted octanol–water partition coefficient (Wildman–Crippen LogP) is 7.03. The molecule has 8 nitrogen and oxygen atoms in total. The van der Waals surface area contributed by atoms with Crippen LogP contribution in [-0.2, 0) is 20.9 Å². The van der Waals surface area contributed by atoms with Crippen LogP contribution in [0.25, 0.3) is 0 Å². The van der Waals surface area contributed by atoms with Crippen LogP contribution in [0.3, 0.4) is 0 Å². The molecule has 1 aliphatic heterocycles. The Kier molecular flexibility index (Phi) is 10.2. The fourth-order valence-corrected chi connectivity index (χ4v) is 6.21. The average molecular weight is 632 g/mol. The average Bonchev–Trinajstić information content (AvgIpc) is 3.58. The number of anilines is 1. The Labute approximate surface area is 266 Å². The number of para-hydroxylation sites is 1. The second-order valence-corrected chi connectivity index (χ2v) is 11.8. The van der Waals surface area contributed by atoms with Gasteiger partial charge in [-0.2, -0.15) is 0 Å². The van der Waals surface area contributed by atoms with Gasteiger partial charge in [0.1, 0.15) is 30.0 Å². The van der Waals surface area contributed by atoms with Crippen molar-refractivity contribution in [1.29, 1.82) is 0 Å². The number of aryl methyl sites for hydroxylation is 1. The van der Waals surface area contributed by atoms with E-state index in [1.807, 2.05) is 98.1 Å². The van der Waals surface area contributed by atoms with Crippen molar-refractivity contribution in [2.45, 2.75) is 32.5 Å². The molecule has 0 radical (unpaired) electrons. The van der Waals surface area contributed by atoms with E-state index in [1.54, 1.807) is 21.9 Å². The van der Waals surface area contributed by atoms with Crippen LogP contribution in [0.4, 0.5) is 10.5 Å². The first kappa shape index (κ1) is 31.1. The number of carbonyl (C=O) groups is 3. The Balaban J connectivity index is 1.36. The van der Waals surface area contributed by atoms with Crippen molar-refractivity contribution >= 4 is 46.5 Å². The molecule has 3 amide bonds. The van der Waals surface area contributed by atoms with Crippen LogP contribution in [-0.4, -0.2) is 59.3 Å². The molecule has 4 aromatic rings. The fraction of sp³-hybridized carbons (Fsp3) is 0.265. The first-order valence-electron chi connectivity index (χ1n) is 14.4. The van der Waals surface area contributed by atoms with E-state index in [2.05, 4.69) is 0 Å². The van der Waals surface area contributed by atoms with Crippen LogP contribution in [0.1, 0.15) is 29.0 Å². The molecule has 3 aromatic carbocycles. The number of alkyl halides is 1. The zero-order valence-electron chi connectivity index (χ0n) is 24.6. The quantitative estimate of drug-likeness (QED) is 0.185. The van der Waals surface area contributed by atoms with Crippen LogP contribution in [0, 0.1) is 6.92 Å². The van der Waals surface area contributed by atoms with E-state index >= 15 is 0 Å². The minimum absolute atomic E-state index is 0.177. The first-order chi connectivity index (χ1) is 21.4. The summed E-state index contributed by atoms with van der Waals surface area (Å²) in [6.07, 6.45) is -0.421. The molecule has 0 bridgehead atoms. The molecule has 5 rings (SSSR count). The summed E-state index contributed by atoms with van der Waals surface area (Å²) in [6, 6.07) is 26.8. The predicted molar refractivity (Wildman–Crippen MR) is 172 cm³/mol. The van der Waals surface area contributed by atoms with E-state index in [0.717, 1.165) is 16.0 Å². The summed E-state index contributed by atoms with van der Waals surface area (Å²) in [5.74, 6) is 0.374. The highest BCUT2D eigenvalue weighted by Crippen LogP contribution is 2.36. The summed E-state index contributed by atoms with van der Waals surface area (Å²) in [7, 11) is 0. The Hall–Kier alpha value is -4.34. The van der Waals surface area contributed by atoms with Crippen LogP contribution in [0.15, 0.2) is 96.4 Å². The number of rotatable bonds is 9. The molecular weight excluding hydrogens is 598 g/mol. The van der Waals surface area contributed by atoms with Gasteiger partial charge in [-0.1, -0.05) is 54.6 Å². The molecule has 2 unspecified atom stereocenters. The third kappa shape index (κ3) is 7.23. The van der Waals surface area contributed by atoms with Crippen molar-refractivity contribution in [2.24, 2.45) is 0 Å². The molecule has 0 N–H and O–H groups in total. The first-order valence-corrected chi connectivity index (χ1v) is 15.8. The summed E-state index contributed by atoms with van der Waals surface area (Å²) in [6.45, 7) is 4.85. The van der Waals surface area contributed by atoms with Crippen molar-refractivity contribution in [2.75, 3.05) is 30.4 Å². The zero-order valence-corrected chi connectivity index (χ0v) is 26.2.